The molecule has 0 bridgehead atoms. The molecule has 8 aliphatic rings. The van der Waals surface area contributed by atoms with Gasteiger partial charge in [-0.1, -0.05) is 112 Å². The van der Waals surface area contributed by atoms with E-state index in [9.17, 15) is 19.8 Å². The van der Waals surface area contributed by atoms with Crippen LogP contribution in [0.5, 0.6) is 0 Å². The predicted molar refractivity (Wildman–Crippen MR) is 231 cm³/mol. The van der Waals surface area contributed by atoms with E-state index >= 15 is 0 Å². The van der Waals surface area contributed by atoms with Crippen molar-refractivity contribution in [3.63, 3.8) is 0 Å². The quantitative estimate of drug-likeness (QED) is 0.246. The Morgan fingerprint density at radius 2 is 0.879 bits per heavy atom. The summed E-state index contributed by atoms with van der Waals surface area (Å²) in [5.74, 6) is 2.78. The number of amides is 2. The smallest absolute Gasteiger partial charge is 0.244 e. The number of carbonyl (C=O) groups is 2. The number of benzene rings is 2. The van der Waals surface area contributed by atoms with Crippen LogP contribution in [0.1, 0.15) is 129 Å². The summed E-state index contributed by atoms with van der Waals surface area (Å²) in [6.45, 7) is 9.62. The van der Waals surface area contributed by atoms with Crippen LogP contribution in [-0.4, -0.2) is 34.2 Å². The summed E-state index contributed by atoms with van der Waals surface area (Å²) >= 11 is 0. The molecule has 0 radical (unpaired) electrons. The Bertz CT molecular complexity index is 1950. The second kappa shape index (κ2) is 14.5. The van der Waals surface area contributed by atoms with E-state index in [0.717, 1.165) is 62.5 Å². The zero-order valence-electron chi connectivity index (χ0n) is 35.3. The van der Waals surface area contributed by atoms with Crippen LogP contribution in [0.2, 0.25) is 0 Å². The molecule has 8 aliphatic carbocycles. The SMILES string of the molecule is C[C@]12CC[C@H](O)CC1=C(C(N)=O)C[C@@H]1[C@@H]2CC[C@]2(C)C(c3ccccc3)=CC[C@@H]12.C[C@]12CC[C@H](O)CC1=C(C(N)=O)C[C@@H]1[C@@H]2CC[C@]2(C)C(c3ccccc3)=CC[C@@H]12. The zero-order valence-corrected chi connectivity index (χ0v) is 35.3. The van der Waals surface area contributed by atoms with E-state index < -0.39 is 0 Å². The number of carbonyl (C=O) groups excluding carboxylic acids is 2. The van der Waals surface area contributed by atoms with Crippen LogP contribution >= 0.6 is 0 Å². The second-order valence-corrected chi connectivity index (χ2v) is 20.8. The van der Waals surface area contributed by atoms with Crippen LogP contribution in [0.4, 0.5) is 0 Å². The number of nitrogens with two attached hydrogens (primary N) is 2. The number of allylic oxidation sites excluding steroid dienone is 4. The van der Waals surface area contributed by atoms with Gasteiger partial charge in [0.1, 0.15) is 0 Å². The topological polar surface area (TPSA) is 127 Å². The Labute approximate surface area is 346 Å². The number of aliphatic hydroxyl groups is 2. The minimum Gasteiger partial charge on any atom is -0.393 e. The highest BCUT2D eigenvalue weighted by atomic mass is 16.3. The lowest BCUT2D eigenvalue weighted by atomic mass is 9.46. The zero-order chi connectivity index (χ0) is 40.8. The van der Waals surface area contributed by atoms with Crippen LogP contribution in [0.25, 0.3) is 11.1 Å². The summed E-state index contributed by atoms with van der Waals surface area (Å²) in [7, 11) is 0. The lowest BCUT2D eigenvalue weighted by molar-refractivity contribution is -0.117. The van der Waals surface area contributed by atoms with E-state index in [1.807, 2.05) is 0 Å². The van der Waals surface area contributed by atoms with E-state index in [1.165, 1.54) is 59.1 Å². The summed E-state index contributed by atoms with van der Waals surface area (Å²) in [4.78, 5) is 24.9. The van der Waals surface area contributed by atoms with Gasteiger partial charge in [-0.2, -0.15) is 0 Å². The van der Waals surface area contributed by atoms with Gasteiger partial charge in [-0.05, 0) is 169 Å². The van der Waals surface area contributed by atoms with Crippen LogP contribution < -0.4 is 11.5 Å². The first kappa shape index (κ1) is 39.7. The van der Waals surface area contributed by atoms with Gasteiger partial charge in [0, 0.05) is 11.1 Å². The van der Waals surface area contributed by atoms with Crippen molar-refractivity contribution >= 4 is 23.0 Å². The molecule has 2 aromatic carbocycles. The highest BCUT2D eigenvalue weighted by molar-refractivity contribution is 5.94. The molecule has 58 heavy (non-hydrogen) atoms. The Morgan fingerprint density at radius 1 is 0.517 bits per heavy atom. The van der Waals surface area contributed by atoms with E-state index in [0.29, 0.717) is 48.3 Å². The third-order valence-electron chi connectivity index (χ3n) is 18.3. The maximum atomic E-state index is 12.5. The maximum absolute atomic E-state index is 12.5. The molecule has 12 atom stereocenters. The Balaban J connectivity index is 0.000000150. The molecule has 0 aromatic heterocycles. The number of rotatable bonds is 4. The average molecular weight is 783 g/mol. The van der Waals surface area contributed by atoms with Crippen molar-refractivity contribution in [1.29, 1.82) is 0 Å². The highest BCUT2D eigenvalue weighted by Gasteiger charge is 2.60. The van der Waals surface area contributed by atoms with E-state index in [-0.39, 0.29) is 45.7 Å². The van der Waals surface area contributed by atoms with Gasteiger partial charge < -0.3 is 21.7 Å². The highest BCUT2D eigenvalue weighted by Crippen LogP contribution is 2.69. The number of fused-ring (bicyclic) bond motifs is 10. The Kier molecular flexibility index (Phi) is 9.91. The number of aliphatic hydroxyl groups excluding tert-OH is 2. The molecule has 0 aliphatic heterocycles. The Morgan fingerprint density at radius 3 is 1.24 bits per heavy atom. The number of primary amides is 2. The molecule has 0 spiro atoms. The van der Waals surface area contributed by atoms with Crippen molar-refractivity contribution in [3.8, 4) is 0 Å². The molecule has 2 amide bonds. The maximum Gasteiger partial charge on any atom is 0.244 e. The van der Waals surface area contributed by atoms with Crippen LogP contribution in [0.3, 0.4) is 0 Å². The minimum absolute atomic E-state index is 0.0172. The molecule has 10 rings (SSSR count). The lowest BCUT2D eigenvalue weighted by Gasteiger charge is -2.58. The third kappa shape index (κ3) is 6.08. The summed E-state index contributed by atoms with van der Waals surface area (Å²) < 4.78 is 0. The second-order valence-electron chi connectivity index (χ2n) is 20.8. The summed E-state index contributed by atoms with van der Waals surface area (Å²) in [5.41, 5.74) is 21.9. The van der Waals surface area contributed by atoms with E-state index in [2.05, 4.69) is 101 Å². The van der Waals surface area contributed by atoms with Gasteiger partial charge >= 0.3 is 0 Å². The van der Waals surface area contributed by atoms with Gasteiger partial charge in [-0.25, -0.2) is 0 Å². The van der Waals surface area contributed by atoms with Crippen molar-refractivity contribution in [2.45, 2.75) is 130 Å². The standard InChI is InChI=1S/2C26H33NO2/c2*1-25-13-11-22-18(21(25)9-8-20(25)16-6-4-3-5-7-16)15-19(24(27)29)23-14-17(28)10-12-26(22,23)2/h2*3-8,17-18,21-22,28H,9-15H2,1-2H3,(H2,27,29)/t2*17-,18-,21-,22-,25+,26+/m00/s1. The van der Waals surface area contributed by atoms with Crippen molar-refractivity contribution in [2.75, 3.05) is 0 Å². The first-order valence-electron chi connectivity index (χ1n) is 22.6. The Hall–Kier alpha value is -3.74. The normalized spacial score (nSPS) is 41.3. The van der Waals surface area contributed by atoms with Crippen molar-refractivity contribution in [3.05, 3.63) is 106 Å². The van der Waals surface area contributed by atoms with Crippen molar-refractivity contribution in [2.24, 2.45) is 68.6 Å². The fraction of sp³-hybridized carbons (Fsp3) is 0.577. The molecular weight excluding hydrogens is 717 g/mol. The average Bonchev–Trinajstić information content (AvgIpc) is 3.75. The van der Waals surface area contributed by atoms with Crippen LogP contribution in [-0.2, 0) is 9.59 Å². The molecule has 4 fully saturated rings. The monoisotopic (exact) mass is 783 g/mol. The van der Waals surface area contributed by atoms with Gasteiger partial charge in [0.15, 0.2) is 0 Å². The first-order valence-corrected chi connectivity index (χ1v) is 22.6. The molecule has 0 saturated heterocycles. The molecule has 0 heterocycles. The fourth-order valence-electron chi connectivity index (χ4n) is 15.3. The van der Waals surface area contributed by atoms with Gasteiger partial charge in [-0.3, -0.25) is 9.59 Å². The third-order valence-corrected chi connectivity index (χ3v) is 18.3. The van der Waals surface area contributed by atoms with Crippen molar-refractivity contribution in [1.82, 2.24) is 0 Å². The van der Waals surface area contributed by atoms with Gasteiger partial charge in [0.25, 0.3) is 0 Å². The molecule has 6 heteroatoms. The molecule has 6 N–H and O–H groups in total. The molecular formula is C52H66N2O4. The van der Waals surface area contributed by atoms with Crippen LogP contribution in [0, 0.1) is 57.2 Å². The molecule has 308 valence electrons. The number of hydrogen-bond donors (Lipinski definition) is 4. The summed E-state index contributed by atoms with van der Waals surface area (Å²) in [6.07, 6.45) is 17.8. The van der Waals surface area contributed by atoms with Gasteiger partial charge in [-0.15, -0.1) is 0 Å². The summed E-state index contributed by atoms with van der Waals surface area (Å²) in [5, 5.41) is 20.6. The van der Waals surface area contributed by atoms with Crippen molar-refractivity contribution < 1.29 is 19.8 Å². The van der Waals surface area contributed by atoms with Gasteiger partial charge in [0.05, 0.1) is 12.2 Å². The first-order chi connectivity index (χ1) is 27.7. The molecule has 0 unspecified atom stereocenters. The lowest BCUT2D eigenvalue weighted by Crippen LogP contribution is -2.51. The largest absolute Gasteiger partial charge is 0.393 e. The van der Waals surface area contributed by atoms with Gasteiger partial charge in [0.2, 0.25) is 11.8 Å². The van der Waals surface area contributed by atoms with Crippen LogP contribution in [0.15, 0.2) is 95.1 Å². The predicted octanol–water partition coefficient (Wildman–Crippen LogP) is 9.72. The fourth-order valence-corrected chi connectivity index (χ4v) is 15.3. The molecule has 6 nitrogen and oxygen atoms in total. The summed E-state index contributed by atoms with van der Waals surface area (Å²) in [6, 6.07) is 21.7. The molecule has 2 aromatic rings. The molecule has 4 saturated carbocycles. The number of hydrogen-bond acceptors (Lipinski definition) is 4. The van der Waals surface area contributed by atoms with E-state index in [4.69, 9.17) is 11.5 Å². The van der Waals surface area contributed by atoms with E-state index in [1.54, 1.807) is 0 Å². The minimum atomic E-state index is -0.323.